The van der Waals surface area contributed by atoms with E-state index in [2.05, 4.69) is 35.3 Å². The maximum atomic E-state index is 6.24. The van der Waals surface area contributed by atoms with Gasteiger partial charge in [-0.05, 0) is 20.3 Å². The summed E-state index contributed by atoms with van der Waals surface area (Å²) in [5, 5.41) is 9.07. The molecule has 2 bridgehead atoms. The molecule has 0 amide bonds. The van der Waals surface area contributed by atoms with Crippen molar-refractivity contribution in [3.63, 3.8) is 0 Å². The van der Waals surface area contributed by atoms with Crippen LogP contribution in [0.4, 0.5) is 5.82 Å². The molecule has 4 aromatic rings. The number of fused-ring (bicyclic) bond motifs is 7. The Morgan fingerprint density at radius 2 is 2.13 bits per heavy atom. The summed E-state index contributed by atoms with van der Waals surface area (Å²) in [4.78, 5) is 9.05. The minimum absolute atomic E-state index is 0.247. The number of rotatable bonds is 1. The molecule has 158 valence electrons. The van der Waals surface area contributed by atoms with Gasteiger partial charge in [-0.15, -0.1) is 0 Å². The van der Waals surface area contributed by atoms with Crippen molar-refractivity contribution in [2.24, 2.45) is 7.05 Å². The van der Waals surface area contributed by atoms with E-state index in [4.69, 9.17) is 25.1 Å². The first-order chi connectivity index (χ1) is 14.9. The first kappa shape index (κ1) is 19.3. The predicted octanol–water partition coefficient (Wildman–Crippen LogP) is 4.03. The average molecular weight is 416 g/mol. The van der Waals surface area contributed by atoms with Gasteiger partial charge >= 0.3 is 0 Å². The number of anilines is 1. The fourth-order valence-corrected chi connectivity index (χ4v) is 4.14. The summed E-state index contributed by atoms with van der Waals surface area (Å²) >= 11 is 0. The fourth-order valence-electron chi connectivity index (χ4n) is 4.14. The van der Waals surface area contributed by atoms with Crippen LogP contribution in [-0.2, 0) is 19.9 Å². The molecule has 31 heavy (non-hydrogen) atoms. The van der Waals surface area contributed by atoms with Crippen LogP contribution in [0.3, 0.4) is 0 Å². The van der Waals surface area contributed by atoms with Gasteiger partial charge in [0.05, 0.1) is 28.8 Å². The highest BCUT2D eigenvalue weighted by molar-refractivity contribution is 5.71. The fraction of sp³-hybridized carbons (Fsp3) is 0.304. The quantitative estimate of drug-likeness (QED) is 0.499. The Morgan fingerprint density at radius 1 is 1.29 bits per heavy atom. The molecule has 2 N–H and O–H groups in total. The molecule has 0 aliphatic carbocycles. The maximum Gasteiger partial charge on any atom is 0.258 e. The summed E-state index contributed by atoms with van der Waals surface area (Å²) in [5.74, 6) is 1.27. The second-order valence-corrected chi connectivity index (χ2v) is 7.93. The van der Waals surface area contributed by atoms with Gasteiger partial charge in [-0.1, -0.05) is 35.8 Å². The maximum absolute atomic E-state index is 6.24. The minimum atomic E-state index is -0.302. The van der Waals surface area contributed by atoms with Crippen molar-refractivity contribution < 1.29 is 9.26 Å². The summed E-state index contributed by atoms with van der Waals surface area (Å²) < 4.78 is 13.8. The molecule has 3 aromatic heterocycles. The number of nitrogens with two attached hydrogens (primary N) is 1. The lowest BCUT2D eigenvalue weighted by atomic mass is 9.94. The van der Waals surface area contributed by atoms with Crippen LogP contribution in [0.5, 0.6) is 5.88 Å². The van der Waals surface area contributed by atoms with Crippen LogP contribution >= 0.6 is 0 Å². The second kappa shape index (κ2) is 7.23. The van der Waals surface area contributed by atoms with E-state index < -0.39 is 0 Å². The van der Waals surface area contributed by atoms with Crippen LogP contribution in [0, 0.1) is 6.92 Å². The van der Waals surface area contributed by atoms with Gasteiger partial charge in [-0.3, -0.25) is 4.68 Å². The molecular weight excluding hydrogens is 392 g/mol. The number of benzene rings is 1. The standard InChI is InChI=1S/C23H24N6O2/c1-5-17-20-18-10-25-22(24)23(26-18)30-13(3)16-8-12(2)6-7-15(16)21-14(11-29(4)27-21)9-19(20)31-28-17/h6-8,10-11,13H,5,9H2,1-4H3,(H2,24,25). The third-order valence-corrected chi connectivity index (χ3v) is 5.64. The highest BCUT2D eigenvalue weighted by Crippen LogP contribution is 2.38. The summed E-state index contributed by atoms with van der Waals surface area (Å²) in [6.07, 6.45) is 4.61. The number of hydrogen-bond donors (Lipinski definition) is 1. The third-order valence-electron chi connectivity index (χ3n) is 5.64. The SMILES string of the molecule is CCc1noc2c1-c1cnc(N)c(n1)OC(C)c1cc(C)ccc1-c1nn(C)cc1C2. The van der Waals surface area contributed by atoms with Crippen LogP contribution < -0.4 is 10.5 Å². The molecule has 4 heterocycles. The second-order valence-electron chi connectivity index (χ2n) is 7.93. The van der Waals surface area contributed by atoms with E-state index in [1.54, 1.807) is 6.20 Å². The van der Waals surface area contributed by atoms with E-state index in [-0.39, 0.29) is 11.9 Å². The summed E-state index contributed by atoms with van der Waals surface area (Å²) in [7, 11) is 1.92. The molecular formula is C23H24N6O2. The van der Waals surface area contributed by atoms with Gasteiger partial charge in [0.2, 0.25) is 0 Å². The minimum Gasteiger partial charge on any atom is -0.467 e. The Balaban J connectivity index is 1.81. The van der Waals surface area contributed by atoms with Gasteiger partial charge in [0, 0.05) is 36.4 Å². The number of ether oxygens (including phenoxy) is 1. The van der Waals surface area contributed by atoms with Crippen molar-refractivity contribution in [1.82, 2.24) is 24.9 Å². The van der Waals surface area contributed by atoms with Crippen molar-refractivity contribution >= 4 is 5.82 Å². The van der Waals surface area contributed by atoms with Crippen molar-refractivity contribution in [3.8, 4) is 28.4 Å². The van der Waals surface area contributed by atoms with E-state index >= 15 is 0 Å². The van der Waals surface area contributed by atoms with Crippen molar-refractivity contribution in [1.29, 1.82) is 0 Å². The highest BCUT2D eigenvalue weighted by atomic mass is 16.5. The molecule has 0 spiro atoms. The highest BCUT2D eigenvalue weighted by Gasteiger charge is 2.26. The van der Waals surface area contributed by atoms with Gasteiger partial charge in [0.1, 0.15) is 6.10 Å². The molecule has 8 heteroatoms. The molecule has 0 radical (unpaired) electrons. The molecule has 1 unspecified atom stereocenters. The number of aryl methyl sites for hydroxylation is 3. The van der Waals surface area contributed by atoms with E-state index in [1.807, 2.05) is 31.8 Å². The van der Waals surface area contributed by atoms with Crippen LogP contribution in [0.1, 0.15) is 48.1 Å². The average Bonchev–Trinajstić information content (AvgIpc) is 3.32. The molecule has 1 aliphatic heterocycles. The van der Waals surface area contributed by atoms with Crippen molar-refractivity contribution in [2.75, 3.05) is 5.73 Å². The van der Waals surface area contributed by atoms with Gasteiger partial charge in [0.25, 0.3) is 5.88 Å². The summed E-state index contributed by atoms with van der Waals surface area (Å²) in [6, 6.07) is 6.29. The molecule has 1 aliphatic rings. The van der Waals surface area contributed by atoms with Crippen LogP contribution in [0.25, 0.3) is 22.5 Å². The lowest BCUT2D eigenvalue weighted by Gasteiger charge is -2.20. The topological polar surface area (TPSA) is 105 Å². The molecule has 0 saturated heterocycles. The van der Waals surface area contributed by atoms with Gasteiger partial charge in [-0.25, -0.2) is 9.97 Å². The summed E-state index contributed by atoms with van der Waals surface area (Å²) in [6.45, 7) is 6.08. The Labute approximate surface area is 180 Å². The van der Waals surface area contributed by atoms with Gasteiger partial charge in [-0.2, -0.15) is 5.10 Å². The monoisotopic (exact) mass is 416 g/mol. The summed E-state index contributed by atoms with van der Waals surface area (Å²) in [5.41, 5.74) is 13.5. The lowest BCUT2D eigenvalue weighted by molar-refractivity contribution is 0.219. The zero-order valence-electron chi connectivity index (χ0n) is 18.0. The zero-order chi connectivity index (χ0) is 21.7. The molecule has 1 aromatic carbocycles. The molecule has 8 nitrogen and oxygen atoms in total. The van der Waals surface area contributed by atoms with Gasteiger partial charge < -0.3 is 15.0 Å². The Bertz CT molecular complexity index is 1290. The molecule has 1 atom stereocenters. The number of nitrogens with zero attached hydrogens (tertiary/aromatic N) is 5. The van der Waals surface area contributed by atoms with E-state index in [9.17, 15) is 0 Å². The predicted molar refractivity (Wildman–Crippen MR) is 117 cm³/mol. The first-order valence-electron chi connectivity index (χ1n) is 10.3. The van der Waals surface area contributed by atoms with E-state index in [0.717, 1.165) is 45.0 Å². The van der Waals surface area contributed by atoms with Crippen LogP contribution in [0.2, 0.25) is 0 Å². The Morgan fingerprint density at radius 3 is 2.94 bits per heavy atom. The number of aromatic nitrogens is 5. The normalized spacial score (nSPS) is 15.2. The Hall–Kier alpha value is -3.68. The van der Waals surface area contributed by atoms with Crippen LogP contribution in [-0.4, -0.2) is 24.9 Å². The van der Waals surface area contributed by atoms with E-state index in [1.165, 1.54) is 0 Å². The molecule has 0 fully saturated rings. The number of hydrogen-bond acceptors (Lipinski definition) is 7. The van der Waals surface area contributed by atoms with Crippen molar-refractivity contribution in [2.45, 2.75) is 39.7 Å². The lowest BCUT2D eigenvalue weighted by Crippen LogP contribution is -2.10. The third kappa shape index (κ3) is 3.24. The molecule has 5 rings (SSSR count). The smallest absolute Gasteiger partial charge is 0.258 e. The largest absolute Gasteiger partial charge is 0.467 e. The van der Waals surface area contributed by atoms with Gasteiger partial charge in [0.15, 0.2) is 11.6 Å². The molecule has 0 saturated carbocycles. The zero-order valence-corrected chi connectivity index (χ0v) is 18.0. The number of nitrogen functional groups attached to an aromatic ring is 1. The van der Waals surface area contributed by atoms with E-state index in [0.29, 0.717) is 24.4 Å². The van der Waals surface area contributed by atoms with Crippen LogP contribution in [0.15, 0.2) is 35.1 Å². The first-order valence-corrected chi connectivity index (χ1v) is 10.3. The van der Waals surface area contributed by atoms with Crippen molar-refractivity contribution in [3.05, 3.63) is 58.7 Å². The Kier molecular flexibility index (Phi) is 4.50.